The van der Waals surface area contributed by atoms with E-state index in [2.05, 4.69) is 0 Å². The minimum absolute atomic E-state index is 0.167. The van der Waals surface area contributed by atoms with Gasteiger partial charge in [0.05, 0.1) is 25.7 Å². The zero-order chi connectivity index (χ0) is 27.2. The molecule has 11 nitrogen and oxygen atoms in total. The van der Waals surface area contributed by atoms with Gasteiger partial charge in [0.25, 0.3) is 0 Å². The molecule has 1 spiro atoms. The molecule has 5 rings (SSSR count). The molecule has 37 heavy (non-hydrogen) atoms. The molecule has 0 unspecified atom stereocenters. The lowest BCUT2D eigenvalue weighted by atomic mass is 9.38. The summed E-state index contributed by atoms with van der Waals surface area (Å²) in [5.74, 6) is -6.26. The van der Waals surface area contributed by atoms with Gasteiger partial charge in [0.1, 0.15) is 18.3 Å². The van der Waals surface area contributed by atoms with Crippen LogP contribution in [-0.2, 0) is 38.1 Å². The van der Waals surface area contributed by atoms with Crippen molar-refractivity contribution in [3.05, 3.63) is 23.3 Å². The number of rotatable bonds is 3. The maximum absolute atomic E-state index is 13.4. The van der Waals surface area contributed by atoms with Crippen molar-refractivity contribution in [1.29, 1.82) is 0 Å². The van der Waals surface area contributed by atoms with Gasteiger partial charge >= 0.3 is 17.9 Å². The highest BCUT2D eigenvalue weighted by atomic mass is 16.6. The average Bonchev–Trinajstić information content (AvgIpc) is 3.13. The monoisotopic (exact) mass is 520 g/mol. The third kappa shape index (κ3) is 3.02. The Balaban J connectivity index is 1.76. The second-order valence-electron chi connectivity index (χ2n) is 11.4. The fraction of sp³-hybridized carbons (Fsp3) is 0.692. The molecule has 0 aromatic heterocycles. The smallest absolute Gasteiger partial charge is 0.348 e. The van der Waals surface area contributed by atoms with E-state index in [0.29, 0.717) is 11.1 Å². The lowest BCUT2D eigenvalue weighted by molar-refractivity contribution is -0.297. The van der Waals surface area contributed by atoms with E-state index >= 15 is 0 Å². The Kier molecular flexibility index (Phi) is 5.77. The van der Waals surface area contributed by atoms with Crippen molar-refractivity contribution < 1.29 is 53.4 Å². The van der Waals surface area contributed by atoms with Crippen LogP contribution in [0.15, 0.2) is 23.3 Å². The van der Waals surface area contributed by atoms with Crippen LogP contribution in [0.25, 0.3) is 0 Å². The number of allylic oxidation sites excluding steroid dienone is 2. The highest BCUT2D eigenvalue weighted by Crippen LogP contribution is 2.72. The predicted octanol–water partition coefficient (Wildman–Crippen LogP) is -0.398. The Morgan fingerprint density at radius 3 is 2.46 bits per heavy atom. The average molecular weight is 521 g/mol. The fourth-order valence-corrected chi connectivity index (χ4v) is 8.21. The van der Waals surface area contributed by atoms with Crippen LogP contribution in [0.5, 0.6) is 0 Å². The van der Waals surface area contributed by atoms with Crippen molar-refractivity contribution in [1.82, 2.24) is 0 Å². The number of hydrogen-bond donors (Lipinski definition) is 3. The summed E-state index contributed by atoms with van der Waals surface area (Å²) in [6.07, 6.45) is -5.07. The van der Waals surface area contributed by atoms with E-state index in [1.165, 1.54) is 12.2 Å². The van der Waals surface area contributed by atoms with E-state index in [9.17, 15) is 34.5 Å². The minimum Gasteiger partial charge on any atom is -0.467 e. The number of carbonyl (C=O) groups excluding carboxylic acids is 4. The second kappa shape index (κ2) is 8.20. The summed E-state index contributed by atoms with van der Waals surface area (Å²) in [6.45, 7) is 6.43. The molecule has 4 fully saturated rings. The first-order valence-corrected chi connectivity index (χ1v) is 12.3. The van der Waals surface area contributed by atoms with E-state index in [4.69, 9.17) is 18.9 Å². The number of methoxy groups -OCH3 is 1. The van der Waals surface area contributed by atoms with E-state index in [1.54, 1.807) is 27.7 Å². The highest BCUT2D eigenvalue weighted by Gasteiger charge is 2.85. The van der Waals surface area contributed by atoms with Gasteiger partial charge in [-0.25, -0.2) is 14.4 Å². The first-order valence-electron chi connectivity index (χ1n) is 12.3. The molecule has 11 heteroatoms. The van der Waals surface area contributed by atoms with Crippen LogP contribution in [0.3, 0.4) is 0 Å². The Morgan fingerprint density at radius 2 is 1.84 bits per heavy atom. The number of carbonyl (C=O) groups is 4. The zero-order valence-electron chi connectivity index (χ0n) is 21.3. The van der Waals surface area contributed by atoms with Crippen molar-refractivity contribution in [2.45, 2.75) is 70.2 Å². The normalized spacial score (nSPS) is 47.6. The van der Waals surface area contributed by atoms with Gasteiger partial charge in [-0.3, -0.25) is 4.79 Å². The Labute approximate surface area is 213 Å². The number of aliphatic hydroxyl groups is 3. The summed E-state index contributed by atoms with van der Waals surface area (Å²) in [7, 11) is 1.08. The quantitative estimate of drug-likeness (QED) is 0.252. The largest absolute Gasteiger partial charge is 0.467 e. The second-order valence-corrected chi connectivity index (χ2v) is 11.4. The first kappa shape index (κ1) is 26.0. The summed E-state index contributed by atoms with van der Waals surface area (Å²) in [6, 6.07) is 0. The van der Waals surface area contributed by atoms with Crippen LogP contribution in [0.1, 0.15) is 34.1 Å². The van der Waals surface area contributed by atoms with E-state index < -0.39 is 88.4 Å². The minimum atomic E-state index is -2.25. The Bertz CT molecular complexity index is 1140. The molecule has 2 bridgehead atoms. The van der Waals surface area contributed by atoms with Crippen molar-refractivity contribution in [3.63, 3.8) is 0 Å². The lowest BCUT2D eigenvalue weighted by Crippen LogP contribution is -2.80. The maximum atomic E-state index is 13.4. The number of esters is 3. The van der Waals surface area contributed by atoms with Crippen molar-refractivity contribution in [2.24, 2.45) is 28.6 Å². The van der Waals surface area contributed by atoms with Crippen LogP contribution in [0, 0.1) is 28.6 Å². The molecule has 0 radical (unpaired) electrons. The van der Waals surface area contributed by atoms with Crippen LogP contribution >= 0.6 is 0 Å². The fourth-order valence-electron chi connectivity index (χ4n) is 8.21. The Hall–Kier alpha value is -2.60. The molecule has 2 aliphatic heterocycles. The third-order valence-electron chi connectivity index (χ3n) is 9.48. The molecule has 11 atom stereocenters. The number of fused-ring (bicyclic) bond motifs is 2. The van der Waals surface area contributed by atoms with Gasteiger partial charge in [-0.1, -0.05) is 18.1 Å². The van der Waals surface area contributed by atoms with Crippen molar-refractivity contribution >= 4 is 23.7 Å². The molecule has 202 valence electrons. The summed E-state index contributed by atoms with van der Waals surface area (Å²) < 4.78 is 22.4. The van der Waals surface area contributed by atoms with Gasteiger partial charge in [0.15, 0.2) is 5.78 Å². The molecule has 3 aliphatic carbocycles. The molecular weight excluding hydrogens is 488 g/mol. The maximum Gasteiger partial charge on any atom is 0.348 e. The predicted molar refractivity (Wildman–Crippen MR) is 122 cm³/mol. The van der Waals surface area contributed by atoms with Crippen LogP contribution < -0.4 is 0 Å². The van der Waals surface area contributed by atoms with Crippen LogP contribution in [0.4, 0.5) is 0 Å². The van der Waals surface area contributed by atoms with Gasteiger partial charge in [-0.05, 0) is 39.2 Å². The standard InChI is InChI=1S/C26H32O11/c1-10(2)6-15(28)37-17-19-25-9-35-26(19,23(33)34-5)21(31)16(29)18(25)24(4)12(8-14(25)36-22(17)32)11(3)7-13(27)20(24)30/h6-7,12,14,16-21,29-31H,8-9H2,1-5H3/t12-,14+,16+,17+,18+,19+,20+,21-,24-,25+,26-/m0/s1. The zero-order valence-corrected chi connectivity index (χ0v) is 21.3. The van der Waals surface area contributed by atoms with E-state index in [-0.39, 0.29) is 13.0 Å². The molecule has 2 heterocycles. The van der Waals surface area contributed by atoms with Gasteiger partial charge in [-0.2, -0.15) is 0 Å². The molecular formula is C26H32O11. The summed E-state index contributed by atoms with van der Waals surface area (Å²) in [4.78, 5) is 52.2. The SMILES string of the molecule is COC(=O)[C@@]12OC[C@]34[C@H]([C@@H](O)[C@@H]1O)[C@@]1(C)[C@H](O)C(=O)C=C(C)[C@@H]1C[C@H]3OC(=O)[C@H](OC(=O)C=C(C)C)[C@@H]24. The summed E-state index contributed by atoms with van der Waals surface area (Å²) >= 11 is 0. The summed E-state index contributed by atoms with van der Waals surface area (Å²) in [5.41, 5.74) is -3.72. The highest BCUT2D eigenvalue weighted by molar-refractivity contribution is 5.96. The Morgan fingerprint density at radius 1 is 1.16 bits per heavy atom. The van der Waals surface area contributed by atoms with Crippen molar-refractivity contribution in [2.75, 3.05) is 13.7 Å². The van der Waals surface area contributed by atoms with Gasteiger partial charge in [-0.15, -0.1) is 0 Å². The van der Waals surface area contributed by atoms with Gasteiger partial charge in [0.2, 0.25) is 11.7 Å². The molecule has 3 N–H and O–H groups in total. The van der Waals surface area contributed by atoms with Crippen molar-refractivity contribution in [3.8, 4) is 0 Å². The van der Waals surface area contributed by atoms with E-state index in [1.807, 2.05) is 0 Å². The molecule has 2 saturated carbocycles. The number of ketones is 1. The number of ether oxygens (including phenoxy) is 4. The summed E-state index contributed by atoms with van der Waals surface area (Å²) in [5, 5.41) is 34.4. The number of hydrogen-bond acceptors (Lipinski definition) is 11. The molecule has 0 amide bonds. The molecule has 2 saturated heterocycles. The lowest BCUT2D eigenvalue weighted by Gasteiger charge is -2.67. The molecule has 0 aromatic rings. The topological polar surface area (TPSA) is 166 Å². The first-order chi connectivity index (χ1) is 17.3. The van der Waals surface area contributed by atoms with Gasteiger partial charge < -0.3 is 34.3 Å². The van der Waals surface area contributed by atoms with Crippen LogP contribution in [0.2, 0.25) is 0 Å². The number of aliphatic hydroxyl groups excluding tert-OH is 3. The third-order valence-corrected chi connectivity index (χ3v) is 9.48. The van der Waals surface area contributed by atoms with Crippen LogP contribution in [-0.4, -0.2) is 88.8 Å². The van der Waals surface area contributed by atoms with E-state index in [0.717, 1.165) is 7.11 Å². The molecule has 0 aromatic carbocycles. The molecule has 5 aliphatic rings. The van der Waals surface area contributed by atoms with Gasteiger partial charge in [0, 0.05) is 22.8 Å².